The molecule has 2 aromatic carbocycles. The Labute approximate surface area is 135 Å². The summed E-state index contributed by atoms with van der Waals surface area (Å²) in [6.45, 7) is 3.89. The molecule has 0 fully saturated rings. The molecule has 0 bridgehead atoms. The summed E-state index contributed by atoms with van der Waals surface area (Å²) in [5.41, 5.74) is 4.54. The van der Waals surface area contributed by atoms with Crippen molar-refractivity contribution in [3.8, 4) is 11.5 Å². The number of hydrogen-bond acceptors (Lipinski definition) is 5. The molecule has 120 valence electrons. The second kappa shape index (κ2) is 8.00. The van der Waals surface area contributed by atoms with Gasteiger partial charge in [0.25, 0.3) is 0 Å². The number of ether oxygens (including phenoxy) is 2. The van der Waals surface area contributed by atoms with Gasteiger partial charge in [0.2, 0.25) is 0 Å². The molecule has 5 nitrogen and oxygen atoms in total. The summed E-state index contributed by atoms with van der Waals surface area (Å²) in [5.74, 6) is 0.490. The van der Waals surface area contributed by atoms with E-state index in [2.05, 4.69) is 5.48 Å². The number of carbonyl (C=O) groups is 1. The Morgan fingerprint density at radius 2 is 1.83 bits per heavy atom. The van der Waals surface area contributed by atoms with Gasteiger partial charge in [0, 0.05) is 0 Å². The van der Waals surface area contributed by atoms with Crippen molar-refractivity contribution in [2.75, 3.05) is 7.11 Å². The zero-order valence-corrected chi connectivity index (χ0v) is 13.3. The van der Waals surface area contributed by atoms with Crippen LogP contribution in [0, 0.1) is 13.8 Å². The molecule has 0 aromatic heterocycles. The molecule has 23 heavy (non-hydrogen) atoms. The fourth-order valence-electron chi connectivity index (χ4n) is 1.83. The molecule has 1 N–H and O–H groups in total. The first-order valence-electron chi connectivity index (χ1n) is 7.10. The van der Waals surface area contributed by atoms with E-state index in [0.717, 1.165) is 11.1 Å². The van der Waals surface area contributed by atoms with Crippen LogP contribution < -0.4 is 15.0 Å². The lowest BCUT2D eigenvalue weighted by atomic mass is 10.1. The topological polar surface area (TPSA) is 56.8 Å². The van der Waals surface area contributed by atoms with Crippen molar-refractivity contribution in [3.05, 3.63) is 71.6 Å². The number of aryl methyl sites for hydroxylation is 2. The minimum atomic E-state index is -0.608. The minimum Gasteiger partial charge on any atom is -0.462 e. The van der Waals surface area contributed by atoms with Gasteiger partial charge < -0.3 is 9.47 Å². The zero-order valence-electron chi connectivity index (χ0n) is 13.3. The maximum atomic E-state index is 12.2. The van der Waals surface area contributed by atoms with E-state index in [0.29, 0.717) is 11.5 Å². The predicted octanol–water partition coefficient (Wildman–Crippen LogP) is 3.28. The molecule has 0 aliphatic heterocycles. The highest BCUT2D eigenvalue weighted by atomic mass is 16.6. The third kappa shape index (κ3) is 4.86. The van der Waals surface area contributed by atoms with E-state index in [1.54, 1.807) is 24.3 Å². The Balaban J connectivity index is 2.13. The van der Waals surface area contributed by atoms with E-state index in [4.69, 9.17) is 14.3 Å². The van der Waals surface area contributed by atoms with Gasteiger partial charge in [-0.05, 0) is 43.2 Å². The highest BCUT2D eigenvalue weighted by Crippen LogP contribution is 2.20. The second-order valence-electron chi connectivity index (χ2n) is 4.93. The van der Waals surface area contributed by atoms with E-state index in [1.807, 2.05) is 38.1 Å². The maximum Gasteiger partial charge on any atom is 0.365 e. The summed E-state index contributed by atoms with van der Waals surface area (Å²) in [6.07, 6.45) is 1.27. The number of nitrogens with one attached hydrogen (secondary N) is 1. The highest BCUT2D eigenvalue weighted by molar-refractivity contribution is 5.89. The van der Waals surface area contributed by atoms with Crippen molar-refractivity contribution in [3.63, 3.8) is 0 Å². The Morgan fingerprint density at radius 3 is 2.52 bits per heavy atom. The number of hydroxylamine groups is 1. The van der Waals surface area contributed by atoms with Gasteiger partial charge >= 0.3 is 5.97 Å². The third-order valence-electron chi connectivity index (χ3n) is 3.03. The molecule has 0 saturated carbocycles. The van der Waals surface area contributed by atoms with Crippen LogP contribution >= 0.6 is 0 Å². The number of carbonyl (C=O) groups excluding carboxylic acids is 1. The van der Waals surface area contributed by atoms with Crippen molar-refractivity contribution in [1.29, 1.82) is 0 Å². The largest absolute Gasteiger partial charge is 0.462 e. The van der Waals surface area contributed by atoms with Gasteiger partial charge in [-0.1, -0.05) is 30.3 Å². The van der Waals surface area contributed by atoms with E-state index in [1.165, 1.54) is 13.4 Å². The lowest BCUT2D eigenvalue weighted by Crippen LogP contribution is -2.24. The zero-order chi connectivity index (χ0) is 16.7. The molecule has 0 amide bonds. The summed E-state index contributed by atoms with van der Waals surface area (Å²) in [6, 6.07) is 14.6. The molecule has 0 aliphatic carbocycles. The smallest absolute Gasteiger partial charge is 0.365 e. The quantitative estimate of drug-likeness (QED) is 0.292. The first-order chi connectivity index (χ1) is 11.1. The van der Waals surface area contributed by atoms with Gasteiger partial charge in [0.15, 0.2) is 5.70 Å². The van der Waals surface area contributed by atoms with Crippen molar-refractivity contribution in [2.45, 2.75) is 13.8 Å². The minimum absolute atomic E-state index is 0.0530. The monoisotopic (exact) mass is 313 g/mol. The van der Waals surface area contributed by atoms with Crippen molar-refractivity contribution >= 4 is 5.97 Å². The Morgan fingerprint density at radius 1 is 1.09 bits per heavy atom. The van der Waals surface area contributed by atoms with Crippen molar-refractivity contribution in [2.24, 2.45) is 0 Å². The van der Waals surface area contributed by atoms with E-state index in [9.17, 15) is 4.79 Å². The summed E-state index contributed by atoms with van der Waals surface area (Å²) >= 11 is 0. The van der Waals surface area contributed by atoms with E-state index >= 15 is 0 Å². The molecule has 0 aliphatic rings. The fraction of sp³-hybridized carbons (Fsp3) is 0.167. The van der Waals surface area contributed by atoms with Crippen LogP contribution in [0.4, 0.5) is 0 Å². The third-order valence-corrected chi connectivity index (χ3v) is 3.03. The Hall–Kier alpha value is -2.79. The number of hydrogen-bond donors (Lipinski definition) is 1. The van der Waals surface area contributed by atoms with Crippen molar-refractivity contribution < 1.29 is 19.1 Å². The molecule has 0 unspecified atom stereocenters. The van der Waals surface area contributed by atoms with Crippen LogP contribution in [0.25, 0.3) is 0 Å². The molecular weight excluding hydrogens is 294 g/mol. The molecule has 2 aromatic rings. The standard InChI is InChI=1S/C18H19NO4/c1-13-9-10-14(2)17(11-13)22-12-16(19-21-3)18(20)23-15-7-5-4-6-8-15/h4-12,19H,1-3H3. The molecule has 0 heterocycles. The van der Waals surface area contributed by atoms with Crippen molar-refractivity contribution in [1.82, 2.24) is 5.48 Å². The normalized spacial score (nSPS) is 11.0. The van der Waals surface area contributed by atoms with Crippen LogP contribution in [0.3, 0.4) is 0 Å². The SMILES string of the molecule is CONC(=COc1cc(C)ccc1C)C(=O)Oc1ccccc1. The molecular formula is C18H19NO4. The van der Waals surface area contributed by atoms with Crippen LogP contribution in [0.5, 0.6) is 11.5 Å². The average molecular weight is 313 g/mol. The van der Waals surface area contributed by atoms with Gasteiger partial charge in [-0.25, -0.2) is 4.79 Å². The van der Waals surface area contributed by atoms with Crippen LogP contribution in [-0.4, -0.2) is 13.1 Å². The van der Waals surface area contributed by atoms with Gasteiger partial charge in [0.1, 0.15) is 17.8 Å². The summed E-state index contributed by atoms with van der Waals surface area (Å²) in [7, 11) is 1.40. The molecule has 0 atom stereocenters. The number of para-hydroxylation sites is 1. The second-order valence-corrected chi connectivity index (χ2v) is 4.93. The Bertz CT molecular complexity index is 695. The Kier molecular flexibility index (Phi) is 5.77. The fourth-order valence-corrected chi connectivity index (χ4v) is 1.83. The predicted molar refractivity (Wildman–Crippen MR) is 86.8 cm³/mol. The van der Waals surface area contributed by atoms with Crippen LogP contribution in [0.1, 0.15) is 11.1 Å². The van der Waals surface area contributed by atoms with E-state index in [-0.39, 0.29) is 5.70 Å². The first kappa shape index (κ1) is 16.6. The molecule has 0 spiro atoms. The molecule has 2 rings (SSSR count). The van der Waals surface area contributed by atoms with Crippen LogP contribution in [-0.2, 0) is 9.63 Å². The summed E-state index contributed by atoms with van der Waals surface area (Å²) in [5, 5.41) is 0. The molecule has 5 heteroatoms. The average Bonchev–Trinajstić information content (AvgIpc) is 2.55. The number of rotatable bonds is 6. The molecule has 0 saturated heterocycles. The summed E-state index contributed by atoms with van der Waals surface area (Å²) in [4.78, 5) is 17.0. The van der Waals surface area contributed by atoms with E-state index < -0.39 is 5.97 Å². The van der Waals surface area contributed by atoms with Crippen LogP contribution in [0.15, 0.2) is 60.5 Å². The van der Waals surface area contributed by atoms with Gasteiger partial charge in [0.05, 0.1) is 7.11 Å². The van der Waals surface area contributed by atoms with Gasteiger partial charge in [-0.15, -0.1) is 0 Å². The maximum absolute atomic E-state index is 12.2. The van der Waals surface area contributed by atoms with Crippen LogP contribution in [0.2, 0.25) is 0 Å². The molecule has 0 radical (unpaired) electrons. The summed E-state index contributed by atoms with van der Waals surface area (Å²) < 4.78 is 10.8. The van der Waals surface area contributed by atoms with Gasteiger partial charge in [-0.2, -0.15) is 0 Å². The lowest BCUT2D eigenvalue weighted by Gasteiger charge is -2.10. The lowest BCUT2D eigenvalue weighted by molar-refractivity contribution is -0.132. The van der Waals surface area contributed by atoms with Gasteiger partial charge in [-0.3, -0.25) is 10.3 Å². The number of benzene rings is 2. The highest BCUT2D eigenvalue weighted by Gasteiger charge is 2.13. The first-order valence-corrected chi connectivity index (χ1v) is 7.10. The number of esters is 1.